The first-order valence-electron chi connectivity index (χ1n) is 1.41. The lowest BCUT2D eigenvalue weighted by Gasteiger charge is -1.53. The minimum Gasteiger partial charge on any atom is -0.344 e. The highest BCUT2D eigenvalue weighted by Gasteiger charge is 1.98. The molecule has 0 aromatic heterocycles. The highest BCUT2D eigenvalue weighted by molar-refractivity contribution is 7.37. The van der Waals surface area contributed by atoms with Crippen LogP contribution < -0.4 is 6.15 Å². The number of hydrogen-bond acceptors (Lipinski definition) is 2. The van der Waals surface area contributed by atoms with Crippen molar-refractivity contribution in [1.82, 2.24) is 6.15 Å². The molecule has 0 aliphatic rings. The molecule has 0 radical (unpaired) electrons. The predicted octanol–water partition coefficient (Wildman–Crippen LogP) is 0.903. The van der Waals surface area contributed by atoms with Crippen LogP contribution in [0.25, 0.3) is 0 Å². The normalized spacial score (nSPS) is 9.33. The summed E-state index contributed by atoms with van der Waals surface area (Å²) in [7, 11) is -1.85. The third kappa shape index (κ3) is 8.99. The first kappa shape index (κ1) is 9.39. The van der Waals surface area contributed by atoms with E-state index in [4.69, 9.17) is 4.89 Å². The molecule has 0 heterocycles. The van der Waals surface area contributed by atoms with Crippen LogP contribution in [0.15, 0.2) is 0 Å². The van der Waals surface area contributed by atoms with Crippen LogP contribution in [0.2, 0.25) is 0 Å². The zero-order valence-corrected chi connectivity index (χ0v) is 4.61. The van der Waals surface area contributed by atoms with Gasteiger partial charge in [-0.2, -0.15) is 4.89 Å². The number of hydrogen-bond donors (Lipinski definition) is 2. The van der Waals surface area contributed by atoms with Crippen molar-refractivity contribution < 1.29 is 9.46 Å². The molecule has 0 saturated heterocycles. The van der Waals surface area contributed by atoms with E-state index in [9.17, 15) is 4.57 Å². The fraction of sp³-hybridized carbons (Fsp3) is 1.00. The van der Waals surface area contributed by atoms with E-state index in [2.05, 4.69) is 0 Å². The van der Waals surface area contributed by atoms with E-state index in [1.165, 1.54) is 0 Å². The Bertz CT molecular complexity index is 46.8. The van der Waals surface area contributed by atoms with Crippen molar-refractivity contribution in [2.24, 2.45) is 0 Å². The Kier molecular flexibility index (Phi) is 7.85. The highest BCUT2D eigenvalue weighted by Crippen LogP contribution is 2.08. The smallest absolute Gasteiger partial charge is 0.344 e. The summed E-state index contributed by atoms with van der Waals surface area (Å²) < 4.78 is 9.52. The molecule has 6 heavy (non-hydrogen) atoms. The zero-order chi connectivity index (χ0) is 4.28. The molecule has 3 nitrogen and oxygen atoms in total. The molecule has 0 fully saturated rings. The summed E-state index contributed by atoms with van der Waals surface area (Å²) in [6.45, 7) is 1.67. The van der Waals surface area contributed by atoms with Crippen LogP contribution in [0.5, 0.6) is 0 Å². The minimum absolute atomic E-state index is 0. The monoisotopic (exact) mass is 110 g/mol. The molecule has 4 heteroatoms. The molecule has 0 aliphatic carbocycles. The molecular formula is C2H9NO2P+. The van der Waals surface area contributed by atoms with E-state index in [-0.39, 0.29) is 6.15 Å². The van der Waals surface area contributed by atoms with Crippen LogP contribution in [0.3, 0.4) is 0 Å². The summed E-state index contributed by atoms with van der Waals surface area (Å²) in [5, 5.41) is 0. The van der Waals surface area contributed by atoms with Crippen LogP contribution in [0.4, 0.5) is 0 Å². The minimum atomic E-state index is -1.85. The van der Waals surface area contributed by atoms with Gasteiger partial charge in [-0.25, -0.2) is 0 Å². The molecule has 0 rings (SSSR count). The van der Waals surface area contributed by atoms with Gasteiger partial charge in [0.15, 0.2) is 6.16 Å². The summed E-state index contributed by atoms with van der Waals surface area (Å²) in [6.07, 6.45) is 0.370. The molecule has 0 aliphatic heterocycles. The molecule has 0 spiro atoms. The zero-order valence-electron chi connectivity index (χ0n) is 3.72. The first-order chi connectivity index (χ1) is 2.27. The van der Waals surface area contributed by atoms with Crippen LogP contribution in [-0.2, 0) is 4.57 Å². The molecule has 4 N–H and O–H groups in total. The maximum atomic E-state index is 9.52. The average Bonchev–Trinajstić information content (AvgIpc) is 1.38. The van der Waals surface area contributed by atoms with Gasteiger partial charge in [-0.3, -0.25) is 0 Å². The summed E-state index contributed by atoms with van der Waals surface area (Å²) in [5.74, 6) is 0. The van der Waals surface area contributed by atoms with Crippen molar-refractivity contribution in [1.29, 1.82) is 0 Å². The van der Waals surface area contributed by atoms with Crippen LogP contribution in [0, 0.1) is 0 Å². The van der Waals surface area contributed by atoms with Crippen molar-refractivity contribution in [3.63, 3.8) is 0 Å². The Morgan fingerprint density at radius 3 is 2.00 bits per heavy atom. The molecule has 0 saturated carbocycles. The van der Waals surface area contributed by atoms with Crippen molar-refractivity contribution in [2.75, 3.05) is 6.16 Å². The molecule has 0 bridgehead atoms. The van der Waals surface area contributed by atoms with Crippen molar-refractivity contribution in [2.45, 2.75) is 6.92 Å². The van der Waals surface area contributed by atoms with Gasteiger partial charge >= 0.3 is 8.03 Å². The Balaban J connectivity index is 0. The second kappa shape index (κ2) is 5.02. The number of rotatable bonds is 1. The predicted molar refractivity (Wildman–Crippen MR) is 25.4 cm³/mol. The maximum absolute atomic E-state index is 9.52. The molecule has 0 aromatic rings. The largest absolute Gasteiger partial charge is 0.505 e. The van der Waals surface area contributed by atoms with E-state index in [1.807, 2.05) is 0 Å². The van der Waals surface area contributed by atoms with E-state index >= 15 is 0 Å². The lowest BCUT2D eigenvalue weighted by Crippen LogP contribution is -1.56. The van der Waals surface area contributed by atoms with Gasteiger partial charge < -0.3 is 6.15 Å². The quantitative estimate of drug-likeness (QED) is 0.492. The molecule has 38 valence electrons. The topological polar surface area (TPSA) is 72.3 Å². The Morgan fingerprint density at radius 1 is 1.83 bits per heavy atom. The highest BCUT2D eigenvalue weighted by atomic mass is 31.1. The molecule has 1 unspecified atom stereocenters. The van der Waals surface area contributed by atoms with Crippen molar-refractivity contribution >= 4 is 8.03 Å². The SMILES string of the molecule is CC[P+](=O)O.N. The van der Waals surface area contributed by atoms with Gasteiger partial charge in [0, 0.05) is 0 Å². The van der Waals surface area contributed by atoms with E-state index in [0.29, 0.717) is 6.16 Å². The van der Waals surface area contributed by atoms with Gasteiger partial charge in [-0.15, -0.1) is 0 Å². The second-order valence-corrected chi connectivity index (χ2v) is 2.01. The van der Waals surface area contributed by atoms with Gasteiger partial charge in [0.25, 0.3) is 0 Å². The van der Waals surface area contributed by atoms with Crippen LogP contribution >= 0.6 is 8.03 Å². The van der Waals surface area contributed by atoms with Crippen LogP contribution in [0.1, 0.15) is 6.92 Å². The first-order valence-corrected chi connectivity index (χ1v) is 2.80. The summed E-state index contributed by atoms with van der Waals surface area (Å²) in [4.78, 5) is 7.87. The molecule has 0 aromatic carbocycles. The Hall–Kier alpha value is 0.0200. The molecule has 0 amide bonds. The van der Waals surface area contributed by atoms with Gasteiger partial charge in [0.05, 0.1) is 0 Å². The molecular weight excluding hydrogens is 101 g/mol. The van der Waals surface area contributed by atoms with E-state index in [0.717, 1.165) is 0 Å². The van der Waals surface area contributed by atoms with Gasteiger partial charge in [0.1, 0.15) is 0 Å². The van der Waals surface area contributed by atoms with Gasteiger partial charge in [-0.1, -0.05) is 0 Å². The summed E-state index contributed by atoms with van der Waals surface area (Å²) >= 11 is 0. The van der Waals surface area contributed by atoms with Gasteiger partial charge in [0.2, 0.25) is 0 Å². The standard InChI is InChI=1S/C2H5O2P.H3N/c1-2-5(3)4;/h2H2,1H3;1H3/p+1. The van der Waals surface area contributed by atoms with E-state index in [1.54, 1.807) is 6.92 Å². The second-order valence-electron chi connectivity index (χ2n) is 0.668. The van der Waals surface area contributed by atoms with Crippen molar-refractivity contribution in [3.8, 4) is 0 Å². The molecule has 1 atom stereocenters. The fourth-order valence-corrected chi connectivity index (χ4v) is 0. The van der Waals surface area contributed by atoms with Gasteiger partial charge in [-0.05, 0) is 11.5 Å². The van der Waals surface area contributed by atoms with E-state index < -0.39 is 8.03 Å². The lowest BCUT2D eigenvalue weighted by atomic mass is 11.0. The maximum Gasteiger partial charge on any atom is 0.505 e. The third-order valence-electron chi connectivity index (χ3n) is 0.271. The lowest BCUT2D eigenvalue weighted by molar-refractivity contribution is 0.504. The summed E-state index contributed by atoms with van der Waals surface area (Å²) in [5.41, 5.74) is 0. The summed E-state index contributed by atoms with van der Waals surface area (Å²) in [6, 6.07) is 0. The Labute approximate surface area is 37.8 Å². The van der Waals surface area contributed by atoms with Crippen LogP contribution in [-0.4, -0.2) is 11.1 Å². The van der Waals surface area contributed by atoms with Crippen molar-refractivity contribution in [3.05, 3.63) is 0 Å². The average molecular weight is 110 g/mol. The third-order valence-corrected chi connectivity index (χ3v) is 0.812. The fourth-order valence-electron chi connectivity index (χ4n) is 0. The Morgan fingerprint density at radius 2 is 2.00 bits per heavy atom.